The molecule has 14 heteroatoms. The third-order valence-electron chi connectivity index (χ3n) is 5.38. The zero-order valence-electron chi connectivity index (χ0n) is 21.3. The molecule has 0 radical (unpaired) electrons. The second-order valence-electron chi connectivity index (χ2n) is 8.44. The van der Waals surface area contributed by atoms with Gasteiger partial charge in [-0.05, 0) is 24.3 Å². The molecule has 0 atom stereocenters. The van der Waals surface area contributed by atoms with E-state index in [2.05, 4.69) is 9.97 Å². The molecule has 0 aliphatic carbocycles. The first-order valence-electron chi connectivity index (χ1n) is 11.4. The maximum Gasteiger partial charge on any atom is 0.352 e. The largest absolute Gasteiger partial charge is 0.477 e. The summed E-state index contributed by atoms with van der Waals surface area (Å²) in [5, 5.41) is 19.6. The van der Waals surface area contributed by atoms with Crippen molar-refractivity contribution in [3.05, 3.63) is 35.7 Å². The molecule has 4 aromatic rings. The summed E-state index contributed by atoms with van der Waals surface area (Å²) < 4.78 is 21.4. The lowest BCUT2D eigenvalue weighted by molar-refractivity contribution is -0.134. The van der Waals surface area contributed by atoms with Crippen LogP contribution in [0.3, 0.4) is 0 Å². The van der Waals surface area contributed by atoms with Gasteiger partial charge in [-0.2, -0.15) is 0 Å². The van der Waals surface area contributed by atoms with E-state index in [9.17, 15) is 39.0 Å². The van der Waals surface area contributed by atoms with Crippen molar-refractivity contribution < 1.29 is 57.9 Å². The molecule has 0 aliphatic heterocycles. The van der Waals surface area contributed by atoms with E-state index in [0.717, 1.165) is 27.7 Å². The monoisotopic (exact) mass is 552 g/mol. The lowest BCUT2D eigenvalue weighted by Crippen LogP contribution is -2.11. The summed E-state index contributed by atoms with van der Waals surface area (Å²) in [6, 6.07) is 4.92. The van der Waals surface area contributed by atoms with Gasteiger partial charge in [0.05, 0.1) is 22.2 Å². The quantitative estimate of drug-likeness (QED) is 0.192. The number of hydrogen-bond donors (Lipinski definition) is 4. The first-order valence-corrected chi connectivity index (χ1v) is 11.4. The van der Waals surface area contributed by atoms with Gasteiger partial charge in [0.25, 0.3) is 0 Å². The minimum atomic E-state index is -1.36. The van der Waals surface area contributed by atoms with Crippen molar-refractivity contribution in [2.45, 2.75) is 27.7 Å². The Kier molecular flexibility index (Phi) is 7.01. The van der Waals surface area contributed by atoms with Crippen molar-refractivity contribution in [1.29, 1.82) is 0 Å². The normalized spacial score (nSPS) is 10.8. The standard InChI is InChI=1S/C26H20N2O12/c1-9(29)37-17-7-13-5-15(25(33)34)27-21(13)19(23(17)39-11(3)31)20-22-14(6-16(28-22)26(35)36)8-18(38-10(2)30)24(20)40-12(4)32/h5-8,27-28H,1-4H3,(H,33,34)(H,35,36). The third-order valence-corrected chi connectivity index (χ3v) is 5.38. The number of aromatic carboxylic acids is 2. The molecule has 2 aromatic carbocycles. The number of nitrogens with one attached hydrogen (secondary N) is 2. The molecule has 2 aromatic heterocycles. The number of fused-ring (bicyclic) bond motifs is 2. The van der Waals surface area contributed by atoms with E-state index in [1.54, 1.807) is 0 Å². The van der Waals surface area contributed by atoms with Crippen LogP contribution < -0.4 is 18.9 Å². The fourth-order valence-corrected chi connectivity index (χ4v) is 4.13. The van der Waals surface area contributed by atoms with Crippen molar-refractivity contribution in [2.24, 2.45) is 0 Å². The molecular formula is C26H20N2O12. The number of H-pyrrole nitrogens is 2. The summed E-state index contributed by atoms with van der Waals surface area (Å²) in [4.78, 5) is 77.4. The molecule has 0 saturated heterocycles. The number of carboxylic acid groups (broad SMARTS) is 2. The van der Waals surface area contributed by atoms with E-state index in [1.807, 2.05) is 0 Å². The Bertz CT molecular complexity index is 1650. The maximum atomic E-state index is 12.2. The van der Waals surface area contributed by atoms with Gasteiger partial charge in [0.2, 0.25) is 0 Å². The molecule has 0 amide bonds. The highest BCUT2D eigenvalue weighted by molar-refractivity contribution is 6.13. The zero-order chi connectivity index (χ0) is 29.5. The second-order valence-corrected chi connectivity index (χ2v) is 8.44. The first-order chi connectivity index (χ1) is 18.8. The van der Waals surface area contributed by atoms with E-state index in [0.29, 0.717) is 0 Å². The Morgan fingerprint density at radius 3 is 1.15 bits per heavy atom. The number of carboxylic acids is 2. The molecule has 0 aliphatic rings. The zero-order valence-corrected chi connectivity index (χ0v) is 21.3. The summed E-state index contributed by atoms with van der Waals surface area (Å²) in [6.45, 7) is 4.26. The summed E-state index contributed by atoms with van der Waals surface area (Å²) in [5.41, 5.74) is -0.972. The van der Waals surface area contributed by atoms with E-state index in [4.69, 9.17) is 18.9 Å². The Balaban J connectivity index is 2.32. The van der Waals surface area contributed by atoms with Gasteiger partial charge in [-0.3, -0.25) is 19.2 Å². The number of rotatable bonds is 7. The number of esters is 4. The first kappa shape index (κ1) is 27.4. The molecule has 0 unspecified atom stereocenters. The highest BCUT2D eigenvalue weighted by Crippen LogP contribution is 2.52. The molecule has 14 nitrogen and oxygen atoms in total. The molecule has 0 saturated carbocycles. The molecule has 0 spiro atoms. The van der Waals surface area contributed by atoms with Gasteiger partial charge >= 0.3 is 35.8 Å². The third kappa shape index (κ3) is 5.18. The molecule has 4 N–H and O–H groups in total. The van der Waals surface area contributed by atoms with Crippen LogP contribution in [0.1, 0.15) is 48.7 Å². The van der Waals surface area contributed by atoms with E-state index < -0.39 is 47.3 Å². The molecular weight excluding hydrogens is 532 g/mol. The van der Waals surface area contributed by atoms with Crippen molar-refractivity contribution >= 4 is 57.6 Å². The van der Waals surface area contributed by atoms with Crippen LogP contribution >= 0.6 is 0 Å². The number of aromatic amines is 2. The SMILES string of the molecule is CC(=O)Oc1cc2cc(C(=O)O)[nH]c2c(-c2c(OC(C)=O)c(OC(C)=O)cc3cc(C(=O)O)[nH]c23)c1OC(C)=O. The van der Waals surface area contributed by atoms with Crippen LogP contribution in [0.4, 0.5) is 0 Å². The van der Waals surface area contributed by atoms with E-state index >= 15 is 0 Å². The lowest BCUT2D eigenvalue weighted by Gasteiger charge is -2.19. The number of benzene rings is 2. The van der Waals surface area contributed by atoms with Crippen molar-refractivity contribution in [3.63, 3.8) is 0 Å². The van der Waals surface area contributed by atoms with Gasteiger partial charge in [0, 0.05) is 38.5 Å². The predicted octanol–water partition coefficient (Wildman–Crippen LogP) is 3.41. The smallest absolute Gasteiger partial charge is 0.352 e. The Hall–Kier alpha value is -5.66. The average Bonchev–Trinajstić information content (AvgIpc) is 3.43. The minimum Gasteiger partial charge on any atom is -0.477 e. The summed E-state index contributed by atoms with van der Waals surface area (Å²) in [6.07, 6.45) is 0. The van der Waals surface area contributed by atoms with Gasteiger partial charge in [-0.1, -0.05) is 0 Å². The summed E-state index contributed by atoms with van der Waals surface area (Å²) in [7, 11) is 0. The van der Waals surface area contributed by atoms with Crippen LogP contribution in [0, 0.1) is 0 Å². The van der Waals surface area contributed by atoms with Crippen molar-refractivity contribution in [3.8, 4) is 34.1 Å². The Labute approximate surface area is 223 Å². The Morgan fingerprint density at radius 1 is 0.550 bits per heavy atom. The molecule has 206 valence electrons. The van der Waals surface area contributed by atoms with Crippen molar-refractivity contribution in [2.75, 3.05) is 0 Å². The van der Waals surface area contributed by atoms with Crippen LogP contribution in [0.5, 0.6) is 23.0 Å². The summed E-state index contributed by atoms with van der Waals surface area (Å²) >= 11 is 0. The van der Waals surface area contributed by atoms with Crippen LogP contribution in [0.15, 0.2) is 24.3 Å². The van der Waals surface area contributed by atoms with Crippen LogP contribution in [0.2, 0.25) is 0 Å². The van der Waals surface area contributed by atoms with E-state index in [1.165, 1.54) is 24.3 Å². The maximum absolute atomic E-state index is 12.2. The minimum absolute atomic E-state index is 0.00528. The fourth-order valence-electron chi connectivity index (χ4n) is 4.13. The highest BCUT2D eigenvalue weighted by Gasteiger charge is 2.31. The van der Waals surface area contributed by atoms with Gasteiger partial charge in [-0.25, -0.2) is 9.59 Å². The lowest BCUT2D eigenvalue weighted by atomic mass is 9.97. The summed E-state index contributed by atoms with van der Waals surface area (Å²) in [5.74, 6) is -7.56. The second kappa shape index (κ2) is 10.2. The van der Waals surface area contributed by atoms with Crippen LogP contribution in [0.25, 0.3) is 32.9 Å². The van der Waals surface area contributed by atoms with Gasteiger partial charge in [0.15, 0.2) is 23.0 Å². The molecule has 2 heterocycles. The van der Waals surface area contributed by atoms with Crippen molar-refractivity contribution in [1.82, 2.24) is 9.97 Å². The van der Waals surface area contributed by atoms with Gasteiger partial charge < -0.3 is 39.1 Å². The highest BCUT2D eigenvalue weighted by atomic mass is 16.6. The van der Waals surface area contributed by atoms with Crippen LogP contribution in [-0.4, -0.2) is 56.0 Å². The molecule has 40 heavy (non-hydrogen) atoms. The number of ether oxygens (including phenoxy) is 4. The molecule has 0 bridgehead atoms. The number of hydrogen-bond acceptors (Lipinski definition) is 10. The van der Waals surface area contributed by atoms with Crippen LogP contribution in [-0.2, 0) is 19.2 Å². The van der Waals surface area contributed by atoms with E-state index in [-0.39, 0.29) is 55.8 Å². The fraction of sp³-hybridized carbons (Fsp3) is 0.154. The topological polar surface area (TPSA) is 211 Å². The van der Waals surface area contributed by atoms with Gasteiger partial charge in [-0.15, -0.1) is 0 Å². The van der Waals surface area contributed by atoms with Gasteiger partial charge in [0.1, 0.15) is 11.4 Å². The predicted molar refractivity (Wildman–Crippen MR) is 135 cm³/mol. The number of carbonyl (C=O) groups is 6. The average molecular weight is 552 g/mol. The number of aromatic nitrogens is 2. The molecule has 0 fully saturated rings. The number of carbonyl (C=O) groups excluding carboxylic acids is 4. The molecule has 4 rings (SSSR count). The Morgan fingerprint density at radius 2 is 0.875 bits per heavy atom.